The Hall–Kier alpha value is -0.550. The van der Waals surface area contributed by atoms with E-state index >= 15 is 0 Å². The fourth-order valence-electron chi connectivity index (χ4n) is 1.13. The van der Waals surface area contributed by atoms with Crippen molar-refractivity contribution in [2.45, 2.75) is 11.8 Å². The average Bonchev–Trinajstić information content (AvgIpc) is 2.19. The molecular formula is C10H11Cl2NO2S. The molecule has 0 saturated carbocycles. The van der Waals surface area contributed by atoms with E-state index in [2.05, 4.69) is 11.3 Å². The van der Waals surface area contributed by atoms with E-state index in [1.807, 2.05) is 0 Å². The van der Waals surface area contributed by atoms with Gasteiger partial charge in [0.05, 0.1) is 4.90 Å². The number of nitrogens with one attached hydrogen (secondary N) is 1. The zero-order valence-electron chi connectivity index (χ0n) is 8.63. The number of sulfonamides is 1. The maximum Gasteiger partial charge on any atom is 0.241 e. The zero-order valence-corrected chi connectivity index (χ0v) is 11.0. The van der Waals surface area contributed by atoms with Crippen molar-refractivity contribution < 1.29 is 8.42 Å². The van der Waals surface area contributed by atoms with Crippen LogP contribution in [0.15, 0.2) is 34.7 Å². The van der Waals surface area contributed by atoms with Crippen LogP contribution in [0.4, 0.5) is 0 Å². The molecule has 6 heteroatoms. The molecule has 3 nitrogen and oxygen atoms in total. The highest BCUT2D eigenvalue weighted by Gasteiger charge is 2.17. The standard InChI is InChI=1S/C10H11Cl2NO2S/c1-7(11)6-13-16(14,15)10-5-3-4-9(12)8(10)2/h3-5,13H,1,6H2,2H3. The van der Waals surface area contributed by atoms with Crippen LogP contribution in [0.2, 0.25) is 5.02 Å². The molecular weight excluding hydrogens is 269 g/mol. The van der Waals surface area contributed by atoms with Crippen molar-refractivity contribution >= 4 is 33.2 Å². The molecule has 0 bridgehead atoms. The summed E-state index contributed by atoms with van der Waals surface area (Å²) in [5, 5.41) is 0.635. The third-order valence-electron chi connectivity index (χ3n) is 1.96. The summed E-state index contributed by atoms with van der Waals surface area (Å²) in [5.41, 5.74) is 0.511. The van der Waals surface area contributed by atoms with E-state index in [4.69, 9.17) is 23.2 Å². The maximum absolute atomic E-state index is 11.8. The summed E-state index contributed by atoms with van der Waals surface area (Å²) in [4.78, 5) is 0.151. The van der Waals surface area contributed by atoms with Crippen LogP contribution in [0.5, 0.6) is 0 Å². The number of rotatable bonds is 4. The molecule has 1 N–H and O–H groups in total. The molecule has 0 atom stereocenters. The summed E-state index contributed by atoms with van der Waals surface area (Å²) in [6, 6.07) is 4.70. The van der Waals surface area contributed by atoms with E-state index < -0.39 is 10.0 Å². The van der Waals surface area contributed by atoms with E-state index in [0.29, 0.717) is 10.6 Å². The number of hydrogen-bond donors (Lipinski definition) is 1. The Bertz CT molecular complexity index is 512. The second-order valence-electron chi connectivity index (χ2n) is 3.20. The lowest BCUT2D eigenvalue weighted by Crippen LogP contribution is -2.25. The third kappa shape index (κ3) is 3.22. The first kappa shape index (κ1) is 13.5. The fourth-order valence-corrected chi connectivity index (χ4v) is 2.80. The van der Waals surface area contributed by atoms with Gasteiger partial charge in [-0.05, 0) is 24.6 Å². The lowest BCUT2D eigenvalue weighted by Gasteiger charge is -2.09. The molecule has 0 aromatic heterocycles. The predicted molar refractivity (Wildman–Crippen MR) is 66.4 cm³/mol. The van der Waals surface area contributed by atoms with Crippen LogP contribution in [0.3, 0.4) is 0 Å². The molecule has 0 heterocycles. The Morgan fingerprint density at radius 2 is 2.12 bits per heavy atom. The van der Waals surface area contributed by atoms with Gasteiger partial charge in [-0.2, -0.15) is 0 Å². The Labute approximate surface area is 105 Å². The van der Waals surface area contributed by atoms with Gasteiger partial charge in [0.15, 0.2) is 0 Å². The van der Waals surface area contributed by atoms with Gasteiger partial charge in [-0.3, -0.25) is 0 Å². The first-order chi connectivity index (χ1) is 7.34. The highest BCUT2D eigenvalue weighted by atomic mass is 35.5. The van der Waals surface area contributed by atoms with Crippen molar-refractivity contribution in [1.29, 1.82) is 0 Å². The first-order valence-corrected chi connectivity index (χ1v) is 6.66. The molecule has 1 rings (SSSR count). The first-order valence-electron chi connectivity index (χ1n) is 4.42. The van der Waals surface area contributed by atoms with Crippen molar-refractivity contribution in [2.24, 2.45) is 0 Å². The van der Waals surface area contributed by atoms with Gasteiger partial charge in [-0.1, -0.05) is 35.8 Å². The molecule has 16 heavy (non-hydrogen) atoms. The Kier molecular flexibility index (Phi) is 4.38. The van der Waals surface area contributed by atoms with Gasteiger partial charge in [0.2, 0.25) is 10.0 Å². The van der Waals surface area contributed by atoms with Gasteiger partial charge in [0.1, 0.15) is 0 Å². The van der Waals surface area contributed by atoms with Crippen molar-refractivity contribution in [3.8, 4) is 0 Å². The Balaban J connectivity index is 3.08. The fraction of sp³-hybridized carbons (Fsp3) is 0.200. The van der Waals surface area contributed by atoms with Crippen molar-refractivity contribution in [1.82, 2.24) is 4.72 Å². The summed E-state index contributed by atoms with van der Waals surface area (Å²) in [6.07, 6.45) is 0. The summed E-state index contributed by atoms with van der Waals surface area (Å²) >= 11 is 11.3. The lowest BCUT2D eigenvalue weighted by molar-refractivity contribution is 0.584. The normalized spacial score (nSPS) is 11.4. The molecule has 0 radical (unpaired) electrons. The largest absolute Gasteiger partial charge is 0.241 e. The van der Waals surface area contributed by atoms with Crippen LogP contribution in [0.1, 0.15) is 5.56 Å². The summed E-state index contributed by atoms with van der Waals surface area (Å²) < 4.78 is 26.0. The smallest absolute Gasteiger partial charge is 0.207 e. The van der Waals surface area contributed by atoms with Crippen LogP contribution < -0.4 is 4.72 Å². The summed E-state index contributed by atoms with van der Waals surface area (Å²) in [6.45, 7) is 5.05. The van der Waals surface area contributed by atoms with E-state index in [-0.39, 0.29) is 16.5 Å². The molecule has 1 aromatic rings. The lowest BCUT2D eigenvalue weighted by atomic mass is 10.2. The topological polar surface area (TPSA) is 46.2 Å². The number of halogens is 2. The number of hydrogen-bond acceptors (Lipinski definition) is 2. The van der Waals surface area contributed by atoms with Crippen LogP contribution in [-0.2, 0) is 10.0 Å². The monoisotopic (exact) mass is 279 g/mol. The molecule has 0 amide bonds. The molecule has 88 valence electrons. The Morgan fingerprint density at radius 3 is 2.69 bits per heavy atom. The summed E-state index contributed by atoms with van der Waals surface area (Å²) in [5.74, 6) is 0. The van der Waals surface area contributed by atoms with E-state index in [1.165, 1.54) is 6.07 Å². The van der Waals surface area contributed by atoms with Crippen LogP contribution >= 0.6 is 23.2 Å². The minimum atomic E-state index is -3.59. The molecule has 0 aliphatic carbocycles. The zero-order chi connectivity index (χ0) is 12.3. The molecule has 0 fully saturated rings. The van der Waals surface area contributed by atoms with Gasteiger partial charge in [-0.15, -0.1) is 0 Å². The van der Waals surface area contributed by atoms with Crippen LogP contribution in [0.25, 0.3) is 0 Å². The average molecular weight is 280 g/mol. The molecule has 0 aliphatic rings. The van der Waals surface area contributed by atoms with Gasteiger partial charge >= 0.3 is 0 Å². The molecule has 0 aliphatic heterocycles. The van der Waals surface area contributed by atoms with Gasteiger partial charge in [0, 0.05) is 16.6 Å². The number of benzene rings is 1. The second-order valence-corrected chi connectivity index (χ2v) is 5.88. The van der Waals surface area contributed by atoms with E-state index in [9.17, 15) is 8.42 Å². The molecule has 0 spiro atoms. The molecule has 0 saturated heterocycles. The third-order valence-corrected chi connectivity index (χ3v) is 4.05. The van der Waals surface area contributed by atoms with Crippen molar-refractivity contribution in [3.05, 3.63) is 40.4 Å². The maximum atomic E-state index is 11.8. The van der Waals surface area contributed by atoms with Gasteiger partial charge in [0.25, 0.3) is 0 Å². The minimum absolute atomic E-state index is 0.00412. The van der Waals surface area contributed by atoms with Crippen molar-refractivity contribution in [2.75, 3.05) is 6.54 Å². The van der Waals surface area contributed by atoms with Crippen LogP contribution in [-0.4, -0.2) is 15.0 Å². The van der Waals surface area contributed by atoms with Gasteiger partial charge in [-0.25, -0.2) is 13.1 Å². The van der Waals surface area contributed by atoms with Crippen molar-refractivity contribution in [3.63, 3.8) is 0 Å². The molecule has 0 unspecified atom stereocenters. The Morgan fingerprint density at radius 1 is 1.50 bits per heavy atom. The predicted octanol–water partition coefficient (Wildman–Crippen LogP) is 2.68. The molecule has 1 aromatic carbocycles. The summed E-state index contributed by atoms with van der Waals surface area (Å²) in [7, 11) is -3.59. The van der Waals surface area contributed by atoms with E-state index in [1.54, 1.807) is 19.1 Å². The van der Waals surface area contributed by atoms with E-state index in [0.717, 1.165) is 0 Å². The minimum Gasteiger partial charge on any atom is -0.207 e. The highest BCUT2D eigenvalue weighted by molar-refractivity contribution is 7.89. The van der Waals surface area contributed by atoms with Crippen LogP contribution in [0, 0.1) is 6.92 Å². The second kappa shape index (κ2) is 5.19. The SMILES string of the molecule is C=C(Cl)CNS(=O)(=O)c1cccc(Cl)c1C. The van der Waals surface area contributed by atoms with Gasteiger partial charge < -0.3 is 0 Å². The highest BCUT2D eigenvalue weighted by Crippen LogP contribution is 2.22. The quantitative estimate of drug-likeness (QED) is 0.921.